The van der Waals surface area contributed by atoms with Gasteiger partial charge in [0.05, 0.1) is 5.69 Å². The van der Waals surface area contributed by atoms with Crippen LogP contribution in [0.25, 0.3) is 11.0 Å². The molecule has 0 saturated heterocycles. The number of carbonyl (C=O) groups is 1. The fourth-order valence-electron chi connectivity index (χ4n) is 1.07. The third kappa shape index (κ3) is 1.22. The van der Waals surface area contributed by atoms with Crippen LogP contribution in [0.2, 0.25) is 0 Å². The zero-order valence-electron chi connectivity index (χ0n) is 6.04. The molecule has 60 valence electrons. The lowest BCUT2D eigenvalue weighted by molar-refractivity contribution is 0.112. The minimum absolute atomic E-state index is 0.569. The number of nitrogens with zero attached hydrogens (tertiary/aromatic N) is 1. The summed E-state index contributed by atoms with van der Waals surface area (Å²) in [5.41, 5.74) is 1.33. The van der Waals surface area contributed by atoms with E-state index in [-0.39, 0.29) is 0 Å². The normalized spacial score (nSPS) is 10.4. The quantitative estimate of drug-likeness (QED) is 0.637. The van der Waals surface area contributed by atoms with Gasteiger partial charge in [-0.2, -0.15) is 0 Å². The number of aromatic amines is 1. The molecule has 0 radical (unpaired) electrons. The smallest absolute Gasteiger partial charge is 0.166 e. The third-order valence-corrected chi connectivity index (χ3v) is 2.17. The van der Waals surface area contributed by atoms with E-state index in [0.717, 1.165) is 20.9 Å². The van der Waals surface area contributed by atoms with Crippen molar-refractivity contribution in [2.45, 2.75) is 0 Å². The van der Waals surface area contributed by atoms with Crippen molar-refractivity contribution in [2.75, 3.05) is 0 Å². The second-order valence-corrected chi connectivity index (χ2v) is 3.68. The summed E-state index contributed by atoms with van der Waals surface area (Å²) in [7, 11) is 0. The van der Waals surface area contributed by atoms with Gasteiger partial charge in [0.2, 0.25) is 0 Å². The van der Waals surface area contributed by atoms with E-state index in [9.17, 15) is 4.79 Å². The van der Waals surface area contributed by atoms with E-state index in [4.69, 9.17) is 0 Å². The summed E-state index contributed by atoms with van der Waals surface area (Å²) in [6, 6.07) is 3.77. The van der Waals surface area contributed by atoms with Crippen molar-refractivity contribution in [3.8, 4) is 0 Å². The highest BCUT2D eigenvalue weighted by Crippen LogP contribution is 2.14. The first kappa shape index (κ1) is 7.72. The summed E-state index contributed by atoms with van der Waals surface area (Å²) in [5, 5.41) is 0.976. The molecular formula is C8H5IN2O. The van der Waals surface area contributed by atoms with Crippen molar-refractivity contribution in [2.24, 2.45) is 0 Å². The SMILES string of the molecule is O=Cc1cc2cc(I)cnc2[nH]1. The van der Waals surface area contributed by atoms with Crippen LogP contribution < -0.4 is 0 Å². The highest BCUT2D eigenvalue weighted by molar-refractivity contribution is 14.1. The largest absolute Gasteiger partial charge is 0.337 e. The average molecular weight is 272 g/mol. The van der Waals surface area contributed by atoms with Gasteiger partial charge in [-0.3, -0.25) is 4.79 Å². The first-order valence-corrected chi connectivity index (χ1v) is 4.47. The monoisotopic (exact) mass is 272 g/mol. The summed E-state index contributed by atoms with van der Waals surface area (Å²) < 4.78 is 1.07. The number of carbonyl (C=O) groups excluding carboxylic acids is 1. The molecule has 0 atom stereocenters. The number of pyridine rings is 1. The van der Waals surface area contributed by atoms with Gasteiger partial charge in [0, 0.05) is 15.2 Å². The molecule has 2 rings (SSSR count). The van der Waals surface area contributed by atoms with Gasteiger partial charge in [0.25, 0.3) is 0 Å². The first-order chi connectivity index (χ1) is 5.79. The summed E-state index contributed by atoms with van der Waals surface area (Å²) in [6.45, 7) is 0. The zero-order chi connectivity index (χ0) is 8.55. The first-order valence-electron chi connectivity index (χ1n) is 3.39. The molecule has 0 amide bonds. The van der Waals surface area contributed by atoms with Crippen LogP contribution in [0.4, 0.5) is 0 Å². The molecule has 2 aromatic heterocycles. The van der Waals surface area contributed by atoms with E-state index >= 15 is 0 Å². The number of rotatable bonds is 1. The maximum absolute atomic E-state index is 10.4. The fourth-order valence-corrected chi connectivity index (χ4v) is 1.55. The van der Waals surface area contributed by atoms with E-state index in [1.807, 2.05) is 6.07 Å². The van der Waals surface area contributed by atoms with Gasteiger partial charge in [0.15, 0.2) is 6.29 Å². The summed E-state index contributed by atoms with van der Waals surface area (Å²) in [4.78, 5) is 17.4. The van der Waals surface area contributed by atoms with E-state index in [0.29, 0.717) is 5.69 Å². The molecule has 2 aromatic rings. The van der Waals surface area contributed by atoms with E-state index in [1.54, 1.807) is 12.3 Å². The molecule has 0 spiro atoms. The number of nitrogens with one attached hydrogen (secondary N) is 1. The maximum atomic E-state index is 10.4. The van der Waals surface area contributed by atoms with Crippen molar-refractivity contribution in [3.05, 3.63) is 27.6 Å². The Morgan fingerprint density at radius 3 is 3.08 bits per heavy atom. The number of aromatic nitrogens is 2. The number of hydrogen-bond donors (Lipinski definition) is 1. The molecule has 12 heavy (non-hydrogen) atoms. The van der Waals surface area contributed by atoms with Gasteiger partial charge in [-0.15, -0.1) is 0 Å². The Bertz CT molecular complexity index is 436. The Hall–Kier alpha value is -0.910. The number of fused-ring (bicyclic) bond motifs is 1. The summed E-state index contributed by atoms with van der Waals surface area (Å²) >= 11 is 2.18. The molecule has 4 heteroatoms. The van der Waals surface area contributed by atoms with Crippen LogP contribution in [0.1, 0.15) is 10.5 Å². The molecule has 0 aliphatic carbocycles. The topological polar surface area (TPSA) is 45.8 Å². The molecule has 1 N–H and O–H groups in total. The van der Waals surface area contributed by atoms with Crippen LogP contribution in [0, 0.1) is 3.57 Å². The molecule has 2 heterocycles. The Morgan fingerprint density at radius 1 is 1.50 bits per heavy atom. The fraction of sp³-hybridized carbons (Fsp3) is 0. The maximum Gasteiger partial charge on any atom is 0.166 e. The predicted molar refractivity (Wildman–Crippen MR) is 54.2 cm³/mol. The molecule has 0 saturated carbocycles. The van der Waals surface area contributed by atoms with E-state index < -0.39 is 0 Å². The number of H-pyrrole nitrogens is 1. The number of aldehydes is 1. The van der Waals surface area contributed by atoms with Gasteiger partial charge in [-0.25, -0.2) is 4.98 Å². The van der Waals surface area contributed by atoms with Crippen LogP contribution in [-0.4, -0.2) is 16.3 Å². The highest BCUT2D eigenvalue weighted by Gasteiger charge is 2.00. The Balaban J connectivity index is 2.75. The standard InChI is InChI=1S/C8H5IN2O/c9-6-1-5-2-7(4-12)11-8(5)10-3-6/h1-4H,(H,10,11). The lowest BCUT2D eigenvalue weighted by atomic mass is 10.3. The molecule has 0 aliphatic rings. The third-order valence-electron chi connectivity index (χ3n) is 1.58. The van der Waals surface area contributed by atoms with Crippen LogP contribution in [0.15, 0.2) is 18.3 Å². The molecule has 3 nitrogen and oxygen atoms in total. The second-order valence-electron chi connectivity index (χ2n) is 2.43. The second kappa shape index (κ2) is 2.85. The lowest BCUT2D eigenvalue weighted by Crippen LogP contribution is -1.78. The highest BCUT2D eigenvalue weighted by atomic mass is 127. The van der Waals surface area contributed by atoms with Crippen LogP contribution in [-0.2, 0) is 0 Å². The molecule has 0 unspecified atom stereocenters. The van der Waals surface area contributed by atoms with Gasteiger partial charge in [-0.05, 0) is 34.7 Å². The van der Waals surface area contributed by atoms with Crippen LogP contribution in [0.5, 0.6) is 0 Å². The average Bonchev–Trinajstić information content (AvgIpc) is 2.46. The zero-order valence-corrected chi connectivity index (χ0v) is 8.20. The molecule has 0 fully saturated rings. The van der Waals surface area contributed by atoms with E-state index in [1.165, 1.54) is 0 Å². The summed E-state index contributed by atoms with van der Waals surface area (Å²) in [6.07, 6.45) is 2.54. The Labute approximate surface area is 82.3 Å². The lowest BCUT2D eigenvalue weighted by Gasteiger charge is -1.88. The van der Waals surface area contributed by atoms with Crippen molar-refractivity contribution in [3.63, 3.8) is 0 Å². The predicted octanol–water partition coefficient (Wildman–Crippen LogP) is 1.98. The number of halogens is 1. The minimum atomic E-state index is 0.569. The summed E-state index contributed by atoms with van der Waals surface area (Å²) in [5.74, 6) is 0. The molecule has 0 bridgehead atoms. The Morgan fingerprint density at radius 2 is 2.33 bits per heavy atom. The van der Waals surface area contributed by atoms with Gasteiger partial charge in [-0.1, -0.05) is 0 Å². The van der Waals surface area contributed by atoms with Crippen molar-refractivity contribution < 1.29 is 4.79 Å². The van der Waals surface area contributed by atoms with Crippen LogP contribution in [0.3, 0.4) is 0 Å². The van der Waals surface area contributed by atoms with Gasteiger partial charge in [0.1, 0.15) is 5.65 Å². The van der Waals surface area contributed by atoms with Crippen LogP contribution >= 0.6 is 22.6 Å². The van der Waals surface area contributed by atoms with Crippen molar-refractivity contribution >= 4 is 39.9 Å². The van der Waals surface area contributed by atoms with Crippen molar-refractivity contribution in [1.29, 1.82) is 0 Å². The molecule has 0 aromatic carbocycles. The van der Waals surface area contributed by atoms with Crippen molar-refractivity contribution in [1.82, 2.24) is 9.97 Å². The Kier molecular flexibility index (Phi) is 1.84. The number of hydrogen-bond acceptors (Lipinski definition) is 2. The minimum Gasteiger partial charge on any atom is -0.337 e. The van der Waals surface area contributed by atoms with E-state index in [2.05, 4.69) is 32.6 Å². The molecule has 0 aliphatic heterocycles. The van der Waals surface area contributed by atoms with Gasteiger partial charge < -0.3 is 4.98 Å². The van der Waals surface area contributed by atoms with Gasteiger partial charge >= 0.3 is 0 Å². The molecular weight excluding hydrogens is 267 g/mol.